The maximum absolute atomic E-state index is 10.5. The van der Waals surface area contributed by atoms with Gasteiger partial charge in [0.05, 0.1) is 0 Å². The Morgan fingerprint density at radius 3 is 2.63 bits per heavy atom. The molecule has 0 fully saturated rings. The molecular formula is C16H25NO2. The van der Waals surface area contributed by atoms with Gasteiger partial charge in [-0.1, -0.05) is 25.1 Å². The normalized spacial score (nSPS) is 12.4. The van der Waals surface area contributed by atoms with Crippen molar-refractivity contribution in [1.82, 2.24) is 5.32 Å². The Hall–Kier alpha value is -1.35. The van der Waals surface area contributed by atoms with E-state index in [0.717, 1.165) is 25.9 Å². The fourth-order valence-electron chi connectivity index (χ4n) is 2.01. The average molecular weight is 263 g/mol. The molecule has 3 nitrogen and oxygen atoms in total. The lowest BCUT2D eigenvalue weighted by atomic mass is 10.0. The first kappa shape index (κ1) is 15.7. The van der Waals surface area contributed by atoms with E-state index >= 15 is 0 Å². The van der Waals surface area contributed by atoms with Crippen molar-refractivity contribution in [3.8, 4) is 0 Å². The minimum Gasteiger partial charge on any atom is -0.481 e. The molecule has 0 saturated carbocycles. The van der Waals surface area contributed by atoms with Crippen molar-refractivity contribution < 1.29 is 9.90 Å². The van der Waals surface area contributed by atoms with Gasteiger partial charge in [-0.25, -0.2) is 0 Å². The van der Waals surface area contributed by atoms with E-state index < -0.39 is 5.97 Å². The molecule has 0 aliphatic heterocycles. The lowest BCUT2D eigenvalue weighted by Gasteiger charge is -2.11. The average Bonchev–Trinajstić information content (AvgIpc) is 2.36. The summed E-state index contributed by atoms with van der Waals surface area (Å²) < 4.78 is 0. The monoisotopic (exact) mass is 263 g/mol. The van der Waals surface area contributed by atoms with Crippen LogP contribution in [0.4, 0.5) is 0 Å². The third-order valence-corrected chi connectivity index (χ3v) is 3.57. The van der Waals surface area contributed by atoms with Crippen LogP contribution in [0.15, 0.2) is 18.2 Å². The van der Waals surface area contributed by atoms with E-state index in [0.29, 0.717) is 5.92 Å². The highest BCUT2D eigenvalue weighted by Gasteiger charge is 2.05. The van der Waals surface area contributed by atoms with Crippen LogP contribution in [0.2, 0.25) is 0 Å². The van der Waals surface area contributed by atoms with Gasteiger partial charge in [-0.15, -0.1) is 0 Å². The van der Waals surface area contributed by atoms with Crippen LogP contribution in [0, 0.1) is 19.8 Å². The van der Waals surface area contributed by atoms with Gasteiger partial charge in [-0.3, -0.25) is 4.79 Å². The van der Waals surface area contributed by atoms with Crippen LogP contribution in [0.25, 0.3) is 0 Å². The molecule has 0 radical (unpaired) electrons. The molecule has 1 aromatic rings. The van der Waals surface area contributed by atoms with Gasteiger partial charge in [-0.05, 0) is 55.8 Å². The molecule has 0 aromatic heterocycles. The molecule has 1 rings (SSSR count). The molecule has 1 unspecified atom stereocenters. The quantitative estimate of drug-likeness (QED) is 0.708. The van der Waals surface area contributed by atoms with E-state index in [4.69, 9.17) is 5.11 Å². The summed E-state index contributed by atoms with van der Waals surface area (Å²) in [5.41, 5.74) is 3.96. The molecular weight excluding hydrogens is 238 g/mol. The van der Waals surface area contributed by atoms with Crippen LogP contribution in [0.3, 0.4) is 0 Å². The van der Waals surface area contributed by atoms with Crippen LogP contribution in [0.5, 0.6) is 0 Å². The van der Waals surface area contributed by atoms with Gasteiger partial charge in [0, 0.05) is 13.0 Å². The lowest BCUT2D eigenvalue weighted by molar-refractivity contribution is -0.137. The maximum Gasteiger partial charge on any atom is 0.303 e. The summed E-state index contributed by atoms with van der Waals surface area (Å²) in [5.74, 6) is -0.238. The molecule has 0 bridgehead atoms. The zero-order chi connectivity index (χ0) is 14.3. The second-order valence-corrected chi connectivity index (χ2v) is 5.42. The SMILES string of the molecule is Cc1ccc(CNCCC(C)CCC(=O)O)cc1C. The summed E-state index contributed by atoms with van der Waals surface area (Å²) in [7, 11) is 0. The molecule has 0 amide bonds. The molecule has 0 aliphatic rings. The van der Waals surface area contributed by atoms with Gasteiger partial charge >= 0.3 is 5.97 Å². The molecule has 0 saturated heterocycles. The number of nitrogens with one attached hydrogen (secondary N) is 1. The van der Waals surface area contributed by atoms with Crippen molar-refractivity contribution in [2.24, 2.45) is 5.92 Å². The number of aryl methyl sites for hydroxylation is 2. The third-order valence-electron chi connectivity index (χ3n) is 3.57. The first-order valence-corrected chi connectivity index (χ1v) is 6.97. The molecule has 0 spiro atoms. The highest BCUT2D eigenvalue weighted by molar-refractivity contribution is 5.66. The van der Waals surface area contributed by atoms with Gasteiger partial charge < -0.3 is 10.4 Å². The lowest BCUT2D eigenvalue weighted by Crippen LogP contribution is -2.17. The molecule has 106 valence electrons. The number of hydrogen-bond donors (Lipinski definition) is 2. The van der Waals surface area contributed by atoms with Crippen LogP contribution in [0.1, 0.15) is 42.9 Å². The fourth-order valence-corrected chi connectivity index (χ4v) is 2.01. The Morgan fingerprint density at radius 1 is 1.26 bits per heavy atom. The van der Waals surface area contributed by atoms with Gasteiger partial charge in [-0.2, -0.15) is 0 Å². The number of benzene rings is 1. The van der Waals surface area contributed by atoms with E-state index in [1.807, 2.05) is 0 Å². The predicted molar refractivity (Wildman–Crippen MR) is 78.3 cm³/mol. The van der Waals surface area contributed by atoms with Crippen molar-refractivity contribution in [2.75, 3.05) is 6.54 Å². The van der Waals surface area contributed by atoms with Crippen molar-refractivity contribution in [2.45, 2.75) is 46.6 Å². The molecule has 19 heavy (non-hydrogen) atoms. The number of carbonyl (C=O) groups is 1. The van der Waals surface area contributed by atoms with Crippen LogP contribution < -0.4 is 5.32 Å². The Kier molecular flexibility index (Phi) is 6.57. The van der Waals surface area contributed by atoms with E-state index in [1.54, 1.807) is 0 Å². The minimum atomic E-state index is -0.699. The second-order valence-electron chi connectivity index (χ2n) is 5.42. The molecule has 0 heterocycles. The number of carboxylic acid groups (broad SMARTS) is 1. The first-order chi connectivity index (χ1) is 8.99. The summed E-state index contributed by atoms with van der Waals surface area (Å²) >= 11 is 0. The van der Waals surface area contributed by atoms with Gasteiger partial charge in [0.15, 0.2) is 0 Å². The first-order valence-electron chi connectivity index (χ1n) is 6.97. The van der Waals surface area contributed by atoms with Gasteiger partial charge in [0.1, 0.15) is 0 Å². The number of aliphatic carboxylic acids is 1. The van der Waals surface area contributed by atoms with Crippen LogP contribution in [-0.2, 0) is 11.3 Å². The van der Waals surface area contributed by atoms with Gasteiger partial charge in [0.25, 0.3) is 0 Å². The zero-order valence-corrected chi connectivity index (χ0v) is 12.2. The largest absolute Gasteiger partial charge is 0.481 e. The van der Waals surface area contributed by atoms with Gasteiger partial charge in [0.2, 0.25) is 0 Å². The van der Waals surface area contributed by atoms with Crippen molar-refractivity contribution in [3.63, 3.8) is 0 Å². The van der Waals surface area contributed by atoms with Crippen molar-refractivity contribution in [1.29, 1.82) is 0 Å². The Balaban J connectivity index is 2.19. The fraction of sp³-hybridized carbons (Fsp3) is 0.562. The molecule has 2 N–H and O–H groups in total. The Morgan fingerprint density at radius 2 is 2.00 bits per heavy atom. The highest BCUT2D eigenvalue weighted by Crippen LogP contribution is 2.11. The van der Waals surface area contributed by atoms with E-state index in [-0.39, 0.29) is 6.42 Å². The minimum absolute atomic E-state index is 0.276. The number of carboxylic acids is 1. The van der Waals surface area contributed by atoms with Crippen LogP contribution in [-0.4, -0.2) is 17.6 Å². The molecule has 1 atom stereocenters. The smallest absolute Gasteiger partial charge is 0.303 e. The summed E-state index contributed by atoms with van der Waals surface area (Å²) in [5, 5.41) is 12.0. The third kappa shape index (κ3) is 6.39. The molecule has 1 aromatic carbocycles. The predicted octanol–water partition coefficient (Wildman–Crippen LogP) is 3.28. The summed E-state index contributed by atoms with van der Waals surface area (Å²) in [6.07, 6.45) is 2.07. The van der Waals surface area contributed by atoms with Crippen molar-refractivity contribution >= 4 is 5.97 Å². The van der Waals surface area contributed by atoms with Crippen LogP contribution >= 0.6 is 0 Å². The molecule has 3 heteroatoms. The summed E-state index contributed by atoms with van der Waals surface area (Å²) in [4.78, 5) is 10.5. The van der Waals surface area contributed by atoms with E-state index in [2.05, 4.69) is 44.3 Å². The highest BCUT2D eigenvalue weighted by atomic mass is 16.4. The zero-order valence-electron chi connectivity index (χ0n) is 12.2. The molecule has 0 aliphatic carbocycles. The Bertz CT molecular complexity index is 415. The topological polar surface area (TPSA) is 49.3 Å². The Labute approximate surface area is 116 Å². The maximum atomic E-state index is 10.5. The van der Waals surface area contributed by atoms with Crippen molar-refractivity contribution in [3.05, 3.63) is 34.9 Å². The summed E-state index contributed by atoms with van der Waals surface area (Å²) in [6.45, 7) is 8.19. The van der Waals surface area contributed by atoms with E-state index in [9.17, 15) is 4.79 Å². The summed E-state index contributed by atoms with van der Waals surface area (Å²) in [6, 6.07) is 6.53. The number of hydrogen-bond acceptors (Lipinski definition) is 2. The number of rotatable bonds is 8. The van der Waals surface area contributed by atoms with E-state index in [1.165, 1.54) is 16.7 Å². The second kappa shape index (κ2) is 7.95. The standard InChI is InChI=1S/C16H25NO2/c1-12(4-7-16(18)19)8-9-17-11-15-6-5-13(2)14(3)10-15/h5-6,10,12,17H,4,7-9,11H2,1-3H3,(H,18,19).